The fraction of sp³-hybridized carbons (Fsp3) is 0.0204. The molecule has 244 valence electrons. The van der Waals surface area contributed by atoms with Gasteiger partial charge in [-0.25, -0.2) is 0 Å². The Morgan fingerprint density at radius 2 is 1.08 bits per heavy atom. The second-order valence-corrected chi connectivity index (χ2v) is 12.7. The lowest BCUT2D eigenvalue weighted by molar-refractivity contribution is 0.670. The monoisotopic (exact) mass is 655 g/mol. The molecule has 0 N–H and O–H groups in total. The van der Waals surface area contributed by atoms with Gasteiger partial charge in [0.1, 0.15) is 11.2 Å². The van der Waals surface area contributed by atoms with Gasteiger partial charge in [0, 0.05) is 33.4 Å². The maximum atomic E-state index is 6.44. The first-order valence-electron chi connectivity index (χ1n) is 17.3. The molecule has 51 heavy (non-hydrogen) atoms. The zero-order valence-electron chi connectivity index (χ0n) is 28.5. The maximum Gasteiger partial charge on any atom is 0.143 e. The third-order valence-corrected chi connectivity index (χ3v) is 9.45. The number of hydrogen-bond donors (Lipinski definition) is 0. The average Bonchev–Trinajstić information content (AvgIpc) is 3.59. The van der Waals surface area contributed by atoms with Gasteiger partial charge in [0.05, 0.1) is 0 Å². The molecule has 0 radical (unpaired) electrons. The summed E-state index contributed by atoms with van der Waals surface area (Å²) < 4.78 is 6.44. The molecule has 8 aromatic rings. The Morgan fingerprint density at radius 3 is 1.76 bits per heavy atom. The van der Waals surface area contributed by atoms with Crippen LogP contribution in [-0.4, -0.2) is 0 Å². The van der Waals surface area contributed by atoms with Crippen LogP contribution in [0.15, 0.2) is 211 Å². The molecule has 0 bridgehead atoms. The highest BCUT2D eigenvalue weighted by atomic mass is 16.3. The molecule has 0 aliphatic heterocycles. The fourth-order valence-corrected chi connectivity index (χ4v) is 6.83. The molecular weight excluding hydrogens is 619 g/mol. The van der Waals surface area contributed by atoms with Crippen LogP contribution < -0.4 is 4.90 Å². The van der Waals surface area contributed by atoms with Crippen LogP contribution >= 0.6 is 0 Å². The number of nitrogens with zero attached hydrogens (tertiary/aromatic N) is 1. The number of rotatable bonds is 9. The molecule has 0 amide bonds. The minimum absolute atomic E-state index is 0.898. The number of fused-ring (bicyclic) bond motifs is 3. The second-order valence-electron chi connectivity index (χ2n) is 12.7. The van der Waals surface area contributed by atoms with Crippen LogP contribution in [0.3, 0.4) is 0 Å². The van der Waals surface area contributed by atoms with E-state index in [0.29, 0.717) is 0 Å². The quantitative estimate of drug-likeness (QED) is 0.144. The number of allylic oxidation sites excluding steroid dienone is 5. The number of benzene rings is 7. The Morgan fingerprint density at radius 1 is 0.510 bits per heavy atom. The van der Waals surface area contributed by atoms with Crippen LogP contribution in [0, 0.1) is 0 Å². The molecule has 0 saturated carbocycles. The second kappa shape index (κ2) is 14.1. The number of anilines is 2. The van der Waals surface area contributed by atoms with E-state index in [9.17, 15) is 0 Å². The predicted molar refractivity (Wildman–Crippen MR) is 217 cm³/mol. The summed E-state index contributed by atoms with van der Waals surface area (Å²) in [6.45, 7) is 6.32. The van der Waals surface area contributed by atoms with Crippen LogP contribution in [0.5, 0.6) is 0 Å². The van der Waals surface area contributed by atoms with Crippen molar-refractivity contribution in [1.29, 1.82) is 0 Å². The van der Waals surface area contributed by atoms with Crippen molar-refractivity contribution in [1.82, 2.24) is 0 Å². The van der Waals surface area contributed by atoms with E-state index in [2.05, 4.69) is 188 Å². The molecule has 8 rings (SSSR count). The zero-order valence-corrected chi connectivity index (χ0v) is 28.5. The smallest absolute Gasteiger partial charge is 0.143 e. The first kappa shape index (κ1) is 31.6. The molecule has 1 aromatic heterocycles. The van der Waals surface area contributed by atoms with E-state index in [4.69, 9.17) is 4.42 Å². The number of para-hydroxylation sites is 2. The zero-order chi connectivity index (χ0) is 34.6. The van der Waals surface area contributed by atoms with Gasteiger partial charge in [-0.1, -0.05) is 164 Å². The lowest BCUT2D eigenvalue weighted by Crippen LogP contribution is -2.14. The van der Waals surface area contributed by atoms with E-state index >= 15 is 0 Å². The Balaban J connectivity index is 1.19. The highest BCUT2D eigenvalue weighted by Crippen LogP contribution is 2.39. The lowest BCUT2D eigenvalue weighted by Gasteiger charge is -2.27. The predicted octanol–water partition coefficient (Wildman–Crippen LogP) is 13.9. The summed E-state index contributed by atoms with van der Waals surface area (Å²) in [4.78, 5) is 2.31. The van der Waals surface area contributed by atoms with Crippen LogP contribution in [-0.2, 0) is 0 Å². The molecule has 0 unspecified atom stereocenters. The lowest BCUT2D eigenvalue weighted by atomic mass is 10.00. The van der Waals surface area contributed by atoms with Crippen molar-refractivity contribution in [2.75, 3.05) is 4.90 Å². The summed E-state index contributed by atoms with van der Waals surface area (Å²) in [5.74, 6) is 0. The fourth-order valence-electron chi connectivity index (χ4n) is 6.83. The van der Waals surface area contributed by atoms with Crippen LogP contribution in [0.25, 0.3) is 60.9 Å². The number of hydrogen-bond acceptors (Lipinski definition) is 2. The summed E-state index contributed by atoms with van der Waals surface area (Å²) in [6, 6.07) is 61.8. The summed E-state index contributed by atoms with van der Waals surface area (Å²) in [5.41, 5.74) is 14.1. The molecule has 0 spiro atoms. The highest BCUT2D eigenvalue weighted by molar-refractivity contribution is 6.09. The standard InChI is InChI=1S/C49H37NO/c1-3-36(39-26-28-40(29-27-39)37-14-6-4-7-15-37)25-24-35(2)50(43-32-30-41(31-33-43)38-16-8-5-9-17-38)44-19-12-18-42(34-44)45-21-13-22-47-46-20-10-11-23-48(46)51-49(45)47/h3-34H,1H2,2H3/b35-24+,36-25+. The van der Waals surface area contributed by atoms with Gasteiger partial charge in [0.25, 0.3) is 0 Å². The molecule has 0 saturated heterocycles. The third kappa shape index (κ3) is 6.44. The van der Waals surface area contributed by atoms with Crippen LogP contribution in [0.4, 0.5) is 11.4 Å². The summed E-state index contributed by atoms with van der Waals surface area (Å²) in [6.07, 6.45) is 6.26. The first-order chi connectivity index (χ1) is 25.2. The van der Waals surface area contributed by atoms with Gasteiger partial charge in [-0.05, 0) is 82.3 Å². The van der Waals surface area contributed by atoms with E-state index in [0.717, 1.165) is 61.3 Å². The van der Waals surface area contributed by atoms with E-state index in [1.54, 1.807) is 0 Å². The van der Waals surface area contributed by atoms with Gasteiger partial charge in [0.2, 0.25) is 0 Å². The molecule has 2 nitrogen and oxygen atoms in total. The normalized spacial score (nSPS) is 11.9. The number of furan rings is 1. The Hall–Kier alpha value is -6.64. The summed E-state index contributed by atoms with van der Waals surface area (Å²) >= 11 is 0. The van der Waals surface area contributed by atoms with Crippen molar-refractivity contribution < 1.29 is 4.42 Å². The topological polar surface area (TPSA) is 16.4 Å². The van der Waals surface area contributed by atoms with Crippen LogP contribution in [0.1, 0.15) is 12.5 Å². The van der Waals surface area contributed by atoms with Crippen molar-refractivity contribution in [3.63, 3.8) is 0 Å². The van der Waals surface area contributed by atoms with Crippen molar-refractivity contribution in [2.45, 2.75) is 6.92 Å². The highest BCUT2D eigenvalue weighted by Gasteiger charge is 2.16. The van der Waals surface area contributed by atoms with Crippen molar-refractivity contribution >= 4 is 38.9 Å². The van der Waals surface area contributed by atoms with Crippen molar-refractivity contribution in [3.8, 4) is 33.4 Å². The first-order valence-corrected chi connectivity index (χ1v) is 17.3. The van der Waals surface area contributed by atoms with Gasteiger partial charge in [-0.15, -0.1) is 0 Å². The minimum Gasteiger partial charge on any atom is -0.455 e. The van der Waals surface area contributed by atoms with E-state index < -0.39 is 0 Å². The largest absolute Gasteiger partial charge is 0.455 e. The van der Waals surface area contributed by atoms with Crippen molar-refractivity contribution in [2.24, 2.45) is 0 Å². The summed E-state index contributed by atoms with van der Waals surface area (Å²) in [7, 11) is 0. The molecule has 0 aliphatic rings. The van der Waals surface area contributed by atoms with Gasteiger partial charge in [-0.3, -0.25) is 0 Å². The molecule has 0 fully saturated rings. The van der Waals surface area contributed by atoms with E-state index in [-0.39, 0.29) is 0 Å². The Labute approximate surface area is 299 Å². The molecule has 0 atom stereocenters. The third-order valence-electron chi connectivity index (χ3n) is 9.45. The average molecular weight is 656 g/mol. The van der Waals surface area contributed by atoms with E-state index in [1.807, 2.05) is 24.3 Å². The molecule has 2 heteroatoms. The SMILES string of the molecule is C=C/C(=C\C=C(/C)N(c1ccc(-c2ccccc2)cc1)c1cccc(-c2cccc3c2oc2ccccc23)c1)c1ccc(-c2ccccc2)cc1. The minimum atomic E-state index is 0.898. The van der Waals surface area contributed by atoms with Gasteiger partial charge in [-0.2, -0.15) is 0 Å². The van der Waals surface area contributed by atoms with Gasteiger partial charge in [0.15, 0.2) is 0 Å². The molecule has 1 heterocycles. The van der Waals surface area contributed by atoms with E-state index in [1.165, 1.54) is 22.3 Å². The van der Waals surface area contributed by atoms with Crippen molar-refractivity contribution in [3.05, 3.63) is 212 Å². The Bertz CT molecular complexity index is 2520. The molecule has 7 aromatic carbocycles. The van der Waals surface area contributed by atoms with Crippen LogP contribution in [0.2, 0.25) is 0 Å². The van der Waals surface area contributed by atoms with Gasteiger partial charge < -0.3 is 9.32 Å². The summed E-state index contributed by atoms with van der Waals surface area (Å²) in [5, 5.41) is 2.25. The maximum absolute atomic E-state index is 6.44. The Kier molecular flexibility index (Phi) is 8.72. The van der Waals surface area contributed by atoms with Gasteiger partial charge >= 0.3 is 0 Å². The molecular formula is C49H37NO. The molecule has 0 aliphatic carbocycles.